The summed E-state index contributed by atoms with van der Waals surface area (Å²) in [7, 11) is 0. The first-order chi connectivity index (χ1) is 12.4. The molecule has 0 unspecified atom stereocenters. The van der Waals surface area contributed by atoms with E-state index in [9.17, 15) is 4.79 Å². The molecule has 3 aromatic rings. The van der Waals surface area contributed by atoms with E-state index in [0.29, 0.717) is 35.3 Å². The van der Waals surface area contributed by atoms with Crippen molar-refractivity contribution in [1.29, 1.82) is 0 Å². The highest BCUT2D eigenvalue weighted by molar-refractivity contribution is 5.83. The van der Waals surface area contributed by atoms with Gasteiger partial charge in [-0.1, -0.05) is 45.9 Å². The van der Waals surface area contributed by atoms with Gasteiger partial charge in [0.1, 0.15) is 11.3 Å². The van der Waals surface area contributed by atoms with Crippen molar-refractivity contribution in [2.75, 3.05) is 6.61 Å². The molecule has 136 valence electrons. The fourth-order valence-corrected chi connectivity index (χ4v) is 3.20. The minimum atomic E-state index is -0.314. The Kier molecular flexibility index (Phi) is 5.17. The summed E-state index contributed by atoms with van der Waals surface area (Å²) in [5, 5.41) is 0.894. The van der Waals surface area contributed by atoms with Crippen LogP contribution in [0.5, 0.6) is 5.75 Å². The predicted octanol–water partition coefficient (Wildman–Crippen LogP) is 6.11. The minimum absolute atomic E-state index is 0.314. The fraction of sp³-hybridized carbons (Fsp3) is 0.348. The van der Waals surface area contributed by atoms with Gasteiger partial charge in [-0.2, -0.15) is 0 Å². The van der Waals surface area contributed by atoms with Crippen molar-refractivity contribution in [3.8, 4) is 16.9 Å². The molecule has 26 heavy (non-hydrogen) atoms. The lowest BCUT2D eigenvalue weighted by atomic mass is 9.89. The zero-order valence-electron chi connectivity index (χ0n) is 16.1. The maximum atomic E-state index is 12.7. The number of benzene rings is 2. The van der Waals surface area contributed by atoms with Gasteiger partial charge in [0.25, 0.3) is 0 Å². The Morgan fingerprint density at radius 1 is 0.923 bits per heavy atom. The average Bonchev–Trinajstić information content (AvgIpc) is 2.60. The first kappa shape index (κ1) is 18.2. The first-order valence-electron chi connectivity index (χ1n) is 9.25. The van der Waals surface area contributed by atoms with Crippen molar-refractivity contribution >= 4 is 11.0 Å². The summed E-state index contributed by atoms with van der Waals surface area (Å²) in [5.74, 6) is 1.48. The second-order valence-corrected chi connectivity index (χ2v) is 7.24. The molecular weight excluding hydrogens is 324 g/mol. The highest BCUT2D eigenvalue weighted by Crippen LogP contribution is 2.32. The molecule has 3 heteroatoms. The van der Waals surface area contributed by atoms with E-state index in [4.69, 9.17) is 9.15 Å². The van der Waals surface area contributed by atoms with Crippen molar-refractivity contribution in [3.63, 3.8) is 0 Å². The van der Waals surface area contributed by atoms with Crippen molar-refractivity contribution in [3.05, 3.63) is 64.0 Å². The third-order valence-electron chi connectivity index (χ3n) is 4.67. The van der Waals surface area contributed by atoms with Crippen LogP contribution in [-0.2, 0) is 0 Å². The van der Waals surface area contributed by atoms with Gasteiger partial charge in [0.05, 0.1) is 12.2 Å². The summed E-state index contributed by atoms with van der Waals surface area (Å²) < 4.78 is 11.1. The molecule has 0 aliphatic rings. The molecule has 0 fully saturated rings. The molecule has 1 aromatic heterocycles. The topological polar surface area (TPSA) is 39.4 Å². The molecule has 3 nitrogen and oxygen atoms in total. The highest BCUT2D eigenvalue weighted by atomic mass is 16.5. The molecule has 0 N–H and O–H groups in total. The molecule has 0 atom stereocenters. The van der Waals surface area contributed by atoms with Crippen molar-refractivity contribution in [2.24, 2.45) is 0 Å². The van der Waals surface area contributed by atoms with E-state index >= 15 is 0 Å². The van der Waals surface area contributed by atoms with Gasteiger partial charge in [-0.25, -0.2) is 4.79 Å². The molecular formula is C23H26O3. The predicted molar refractivity (Wildman–Crippen MR) is 107 cm³/mol. The Balaban J connectivity index is 2.17. The summed E-state index contributed by atoms with van der Waals surface area (Å²) >= 11 is 0. The van der Waals surface area contributed by atoms with E-state index in [0.717, 1.165) is 10.9 Å². The SMILES string of the molecule is CCOc1ccc2cc(-c3ccc(C(C)C)cc3C(C)C)c(=O)oc2c1. The van der Waals surface area contributed by atoms with Crippen LogP contribution in [0.2, 0.25) is 0 Å². The summed E-state index contributed by atoms with van der Waals surface area (Å²) in [4.78, 5) is 12.7. The van der Waals surface area contributed by atoms with E-state index in [1.807, 2.05) is 25.1 Å². The smallest absolute Gasteiger partial charge is 0.344 e. The zero-order valence-corrected chi connectivity index (χ0v) is 16.1. The Labute approximate surface area is 154 Å². The van der Waals surface area contributed by atoms with Gasteiger partial charge >= 0.3 is 5.63 Å². The Bertz CT molecular complexity index is 980. The molecule has 1 heterocycles. The minimum Gasteiger partial charge on any atom is -0.494 e. The monoisotopic (exact) mass is 350 g/mol. The van der Waals surface area contributed by atoms with Crippen molar-refractivity contribution < 1.29 is 9.15 Å². The van der Waals surface area contributed by atoms with E-state index in [-0.39, 0.29) is 5.63 Å². The maximum Gasteiger partial charge on any atom is 0.344 e. The average molecular weight is 350 g/mol. The number of ether oxygens (including phenoxy) is 1. The lowest BCUT2D eigenvalue weighted by molar-refractivity contribution is 0.340. The Hall–Kier alpha value is -2.55. The van der Waals surface area contributed by atoms with Gasteiger partial charge in [-0.3, -0.25) is 0 Å². The lowest BCUT2D eigenvalue weighted by Gasteiger charge is -2.16. The molecule has 0 saturated heterocycles. The summed E-state index contributed by atoms with van der Waals surface area (Å²) in [6, 6.07) is 13.9. The number of fused-ring (bicyclic) bond motifs is 1. The van der Waals surface area contributed by atoms with E-state index in [1.54, 1.807) is 6.07 Å². The second kappa shape index (κ2) is 7.36. The number of hydrogen-bond donors (Lipinski definition) is 0. The highest BCUT2D eigenvalue weighted by Gasteiger charge is 2.15. The quantitative estimate of drug-likeness (QED) is 0.521. The van der Waals surface area contributed by atoms with Crippen LogP contribution in [0.3, 0.4) is 0 Å². The summed E-state index contributed by atoms with van der Waals surface area (Å²) in [5.41, 5.74) is 4.26. The van der Waals surface area contributed by atoms with Crippen LogP contribution in [0, 0.1) is 0 Å². The normalized spacial score (nSPS) is 11.5. The third kappa shape index (κ3) is 3.52. The van der Waals surface area contributed by atoms with Gasteiger partial charge in [0, 0.05) is 11.5 Å². The molecule has 0 spiro atoms. The first-order valence-corrected chi connectivity index (χ1v) is 9.25. The molecule has 2 aromatic carbocycles. The number of rotatable bonds is 5. The van der Waals surface area contributed by atoms with Crippen molar-refractivity contribution in [2.45, 2.75) is 46.5 Å². The van der Waals surface area contributed by atoms with Crippen LogP contribution in [0.1, 0.15) is 57.6 Å². The second-order valence-electron chi connectivity index (χ2n) is 7.24. The van der Waals surface area contributed by atoms with Crippen LogP contribution in [0.25, 0.3) is 22.1 Å². The third-order valence-corrected chi connectivity index (χ3v) is 4.67. The van der Waals surface area contributed by atoms with Gasteiger partial charge in [-0.15, -0.1) is 0 Å². The van der Waals surface area contributed by atoms with E-state index in [2.05, 4.69) is 45.9 Å². The van der Waals surface area contributed by atoms with Crippen LogP contribution in [0.4, 0.5) is 0 Å². The molecule has 0 bridgehead atoms. The van der Waals surface area contributed by atoms with Crippen LogP contribution in [-0.4, -0.2) is 6.61 Å². The largest absolute Gasteiger partial charge is 0.494 e. The zero-order chi connectivity index (χ0) is 18.8. The lowest BCUT2D eigenvalue weighted by Crippen LogP contribution is -2.06. The molecule has 0 amide bonds. The fourth-order valence-electron chi connectivity index (χ4n) is 3.20. The van der Waals surface area contributed by atoms with Crippen molar-refractivity contribution in [1.82, 2.24) is 0 Å². The molecule has 0 aliphatic carbocycles. The molecule has 0 radical (unpaired) electrons. The summed E-state index contributed by atoms with van der Waals surface area (Å²) in [6.45, 7) is 11.2. The summed E-state index contributed by atoms with van der Waals surface area (Å²) in [6.07, 6.45) is 0. The van der Waals surface area contributed by atoms with Crippen LogP contribution >= 0.6 is 0 Å². The van der Waals surface area contributed by atoms with E-state index < -0.39 is 0 Å². The van der Waals surface area contributed by atoms with Gasteiger partial charge in [0.15, 0.2) is 0 Å². The Morgan fingerprint density at radius 2 is 1.69 bits per heavy atom. The van der Waals surface area contributed by atoms with Gasteiger partial charge in [-0.05, 0) is 53.6 Å². The Morgan fingerprint density at radius 3 is 2.35 bits per heavy atom. The van der Waals surface area contributed by atoms with Crippen LogP contribution in [0.15, 0.2) is 51.7 Å². The molecule has 3 rings (SSSR count). The molecule has 0 saturated carbocycles. The van der Waals surface area contributed by atoms with Gasteiger partial charge < -0.3 is 9.15 Å². The molecule has 0 aliphatic heterocycles. The van der Waals surface area contributed by atoms with E-state index in [1.165, 1.54) is 11.1 Å². The number of hydrogen-bond acceptors (Lipinski definition) is 3. The maximum absolute atomic E-state index is 12.7. The van der Waals surface area contributed by atoms with Gasteiger partial charge in [0.2, 0.25) is 0 Å². The van der Waals surface area contributed by atoms with Crippen LogP contribution < -0.4 is 10.4 Å². The standard InChI is InChI=1S/C23H26O3/c1-6-25-18-9-7-17-12-21(23(24)26-22(17)13-18)19-10-8-16(14(2)3)11-20(19)15(4)5/h7-15H,6H2,1-5H3.